The van der Waals surface area contributed by atoms with Gasteiger partial charge in [-0.2, -0.15) is 0 Å². The van der Waals surface area contributed by atoms with Crippen molar-refractivity contribution in [1.29, 1.82) is 0 Å². The SMILES string of the molecule is CC(=O)Cc1cc(I)cc(CCl)c1. The van der Waals surface area contributed by atoms with Crippen LogP contribution in [-0.2, 0) is 17.1 Å². The van der Waals surface area contributed by atoms with Crippen LogP contribution in [0.1, 0.15) is 18.1 Å². The Labute approximate surface area is 96.6 Å². The van der Waals surface area contributed by atoms with Gasteiger partial charge in [0.15, 0.2) is 0 Å². The molecule has 1 aromatic rings. The maximum Gasteiger partial charge on any atom is 0.134 e. The largest absolute Gasteiger partial charge is 0.300 e. The average Bonchev–Trinajstić information content (AvgIpc) is 2.01. The first-order chi connectivity index (χ1) is 6.11. The van der Waals surface area contributed by atoms with Crippen molar-refractivity contribution in [3.8, 4) is 0 Å². The topological polar surface area (TPSA) is 17.1 Å². The van der Waals surface area contributed by atoms with Gasteiger partial charge in [0.1, 0.15) is 5.78 Å². The van der Waals surface area contributed by atoms with Gasteiger partial charge in [-0.1, -0.05) is 6.07 Å². The summed E-state index contributed by atoms with van der Waals surface area (Å²) < 4.78 is 1.13. The van der Waals surface area contributed by atoms with E-state index in [-0.39, 0.29) is 5.78 Å². The molecule has 0 bridgehead atoms. The molecule has 0 unspecified atom stereocenters. The summed E-state index contributed by atoms with van der Waals surface area (Å²) in [6.45, 7) is 1.60. The first kappa shape index (κ1) is 11.0. The minimum absolute atomic E-state index is 0.183. The highest BCUT2D eigenvalue weighted by Crippen LogP contribution is 2.14. The van der Waals surface area contributed by atoms with Gasteiger partial charge in [0.05, 0.1) is 0 Å². The molecule has 70 valence electrons. The van der Waals surface area contributed by atoms with Crippen LogP contribution < -0.4 is 0 Å². The number of Topliss-reactive ketones (excluding diaryl/α,β-unsaturated/α-hetero) is 1. The van der Waals surface area contributed by atoms with Gasteiger partial charge in [-0.15, -0.1) is 11.6 Å². The first-order valence-corrected chi connectivity index (χ1v) is 5.57. The van der Waals surface area contributed by atoms with E-state index in [0.29, 0.717) is 12.3 Å². The van der Waals surface area contributed by atoms with Crippen molar-refractivity contribution < 1.29 is 4.79 Å². The Kier molecular flexibility index (Phi) is 4.19. The molecule has 0 aliphatic rings. The molecular weight excluding hydrogens is 298 g/mol. The summed E-state index contributed by atoms with van der Waals surface area (Å²) in [5, 5.41) is 0. The van der Waals surface area contributed by atoms with E-state index in [9.17, 15) is 4.79 Å². The van der Waals surface area contributed by atoms with Crippen LogP contribution >= 0.6 is 34.2 Å². The fourth-order valence-corrected chi connectivity index (χ4v) is 2.14. The zero-order chi connectivity index (χ0) is 9.84. The quantitative estimate of drug-likeness (QED) is 0.619. The van der Waals surface area contributed by atoms with Crippen LogP contribution in [0, 0.1) is 3.57 Å². The fraction of sp³-hybridized carbons (Fsp3) is 0.300. The maximum absolute atomic E-state index is 10.9. The predicted octanol–water partition coefficient (Wildman–Crippen LogP) is 3.16. The molecule has 0 aliphatic carbocycles. The van der Waals surface area contributed by atoms with Gasteiger partial charge in [0, 0.05) is 15.9 Å². The normalized spacial score (nSPS) is 10.1. The van der Waals surface area contributed by atoms with E-state index in [1.54, 1.807) is 6.92 Å². The number of rotatable bonds is 3. The summed E-state index contributed by atoms with van der Waals surface area (Å²) in [5.41, 5.74) is 2.12. The van der Waals surface area contributed by atoms with Crippen LogP contribution in [0.15, 0.2) is 18.2 Å². The Morgan fingerprint density at radius 1 is 1.38 bits per heavy atom. The highest BCUT2D eigenvalue weighted by atomic mass is 127. The molecule has 0 saturated heterocycles. The van der Waals surface area contributed by atoms with Gasteiger partial charge in [0.25, 0.3) is 0 Å². The predicted molar refractivity (Wildman–Crippen MR) is 63.1 cm³/mol. The van der Waals surface area contributed by atoms with Crippen LogP contribution in [-0.4, -0.2) is 5.78 Å². The maximum atomic E-state index is 10.9. The molecule has 1 nitrogen and oxygen atoms in total. The van der Waals surface area contributed by atoms with E-state index in [1.165, 1.54) is 0 Å². The lowest BCUT2D eigenvalue weighted by Crippen LogP contribution is -1.97. The molecule has 0 atom stereocenters. The average molecular weight is 309 g/mol. The van der Waals surface area contributed by atoms with E-state index >= 15 is 0 Å². The molecule has 0 radical (unpaired) electrons. The number of ketones is 1. The Bertz CT molecular complexity index is 323. The van der Waals surface area contributed by atoms with Crippen LogP contribution in [0.3, 0.4) is 0 Å². The Hall–Kier alpha value is -0.0900. The van der Waals surface area contributed by atoms with Crippen molar-refractivity contribution in [2.75, 3.05) is 0 Å². The van der Waals surface area contributed by atoms with E-state index in [1.807, 2.05) is 18.2 Å². The third kappa shape index (κ3) is 3.65. The zero-order valence-electron chi connectivity index (χ0n) is 7.31. The van der Waals surface area contributed by atoms with Gasteiger partial charge < -0.3 is 0 Å². The molecule has 0 heterocycles. The van der Waals surface area contributed by atoms with E-state index in [4.69, 9.17) is 11.6 Å². The number of alkyl halides is 1. The molecule has 1 rings (SSSR count). The molecule has 13 heavy (non-hydrogen) atoms. The van der Waals surface area contributed by atoms with Gasteiger partial charge in [0.2, 0.25) is 0 Å². The number of carbonyl (C=O) groups excluding carboxylic acids is 1. The highest BCUT2D eigenvalue weighted by molar-refractivity contribution is 14.1. The third-order valence-electron chi connectivity index (χ3n) is 1.62. The minimum Gasteiger partial charge on any atom is -0.300 e. The molecule has 0 aliphatic heterocycles. The molecular formula is C10H10ClIO. The number of halogens is 2. The highest BCUT2D eigenvalue weighted by Gasteiger charge is 2.01. The number of carbonyl (C=O) groups is 1. The summed E-state index contributed by atoms with van der Waals surface area (Å²) >= 11 is 7.95. The fourth-order valence-electron chi connectivity index (χ4n) is 1.18. The summed E-state index contributed by atoms with van der Waals surface area (Å²) in [5.74, 6) is 0.685. The molecule has 0 N–H and O–H groups in total. The molecule has 0 aromatic heterocycles. The van der Waals surface area contributed by atoms with Gasteiger partial charge >= 0.3 is 0 Å². The Morgan fingerprint density at radius 2 is 2.00 bits per heavy atom. The second-order valence-electron chi connectivity index (χ2n) is 2.98. The Balaban J connectivity index is 2.94. The molecule has 0 amide bonds. The smallest absolute Gasteiger partial charge is 0.134 e. The number of hydrogen-bond acceptors (Lipinski definition) is 1. The lowest BCUT2D eigenvalue weighted by molar-refractivity contribution is -0.116. The first-order valence-electron chi connectivity index (χ1n) is 3.95. The second kappa shape index (κ2) is 4.96. The molecule has 3 heteroatoms. The summed E-state index contributed by atoms with van der Waals surface area (Å²) in [6, 6.07) is 6.02. The summed E-state index contributed by atoms with van der Waals surface area (Å²) in [4.78, 5) is 10.9. The van der Waals surface area contributed by atoms with E-state index in [2.05, 4.69) is 22.6 Å². The molecule has 1 aromatic carbocycles. The van der Waals surface area contributed by atoms with Crippen molar-refractivity contribution in [1.82, 2.24) is 0 Å². The van der Waals surface area contributed by atoms with Crippen LogP contribution in [0.25, 0.3) is 0 Å². The van der Waals surface area contributed by atoms with Crippen LogP contribution in [0.2, 0.25) is 0 Å². The van der Waals surface area contributed by atoms with Gasteiger partial charge in [-0.05, 0) is 52.8 Å². The third-order valence-corrected chi connectivity index (χ3v) is 2.56. The van der Waals surface area contributed by atoms with Crippen LogP contribution in [0.5, 0.6) is 0 Å². The zero-order valence-corrected chi connectivity index (χ0v) is 10.2. The minimum atomic E-state index is 0.183. The second-order valence-corrected chi connectivity index (χ2v) is 4.49. The van der Waals surface area contributed by atoms with Crippen molar-refractivity contribution in [2.45, 2.75) is 19.2 Å². The van der Waals surface area contributed by atoms with Crippen molar-refractivity contribution >= 4 is 40.0 Å². The lowest BCUT2D eigenvalue weighted by atomic mass is 10.1. The van der Waals surface area contributed by atoms with E-state index in [0.717, 1.165) is 14.7 Å². The molecule has 0 fully saturated rings. The summed E-state index contributed by atoms with van der Waals surface area (Å²) in [7, 11) is 0. The molecule has 0 spiro atoms. The van der Waals surface area contributed by atoms with Gasteiger partial charge in [-0.25, -0.2) is 0 Å². The van der Waals surface area contributed by atoms with Crippen LogP contribution in [0.4, 0.5) is 0 Å². The lowest BCUT2D eigenvalue weighted by Gasteiger charge is -2.02. The van der Waals surface area contributed by atoms with Gasteiger partial charge in [-0.3, -0.25) is 4.79 Å². The van der Waals surface area contributed by atoms with Crippen molar-refractivity contribution in [2.24, 2.45) is 0 Å². The summed E-state index contributed by atoms with van der Waals surface area (Å²) in [6.07, 6.45) is 0.501. The molecule has 0 saturated carbocycles. The van der Waals surface area contributed by atoms with Crippen molar-refractivity contribution in [3.63, 3.8) is 0 Å². The van der Waals surface area contributed by atoms with Crippen molar-refractivity contribution in [3.05, 3.63) is 32.9 Å². The Morgan fingerprint density at radius 3 is 2.54 bits per heavy atom. The standard InChI is InChI=1S/C10H10ClIO/c1-7(13)2-8-3-9(6-11)5-10(12)4-8/h3-5H,2,6H2,1H3. The monoisotopic (exact) mass is 308 g/mol. The number of hydrogen-bond donors (Lipinski definition) is 0. The number of benzene rings is 1. The van der Waals surface area contributed by atoms with E-state index < -0.39 is 0 Å².